The molecule has 0 aliphatic rings. The lowest BCUT2D eigenvalue weighted by Gasteiger charge is -2.22. The number of aliphatic hydroxyl groups is 1. The Hall–Kier alpha value is -1.67. The largest absolute Gasteiger partial charge is 0.388 e. The number of aliphatic hydroxyl groups excluding tert-OH is 1. The maximum absolute atomic E-state index is 11.8. The van der Waals surface area contributed by atoms with Crippen LogP contribution in [0.2, 0.25) is 0 Å². The van der Waals surface area contributed by atoms with E-state index in [1.165, 1.54) is 11.0 Å². The molecule has 1 amide bonds. The lowest BCUT2D eigenvalue weighted by Crippen LogP contribution is -2.36. The van der Waals surface area contributed by atoms with Crippen molar-refractivity contribution >= 4 is 27.9 Å². The summed E-state index contributed by atoms with van der Waals surface area (Å²) in [7, 11) is 3.28. The Morgan fingerprint density at radius 3 is 2.55 bits per heavy atom. The molecule has 0 radical (unpaired) electrons. The van der Waals surface area contributed by atoms with Gasteiger partial charge in [-0.1, -0.05) is 0 Å². The van der Waals surface area contributed by atoms with Gasteiger partial charge < -0.3 is 14.9 Å². The van der Waals surface area contributed by atoms with Gasteiger partial charge in [-0.25, -0.2) is 0 Å². The maximum atomic E-state index is 11.8. The van der Waals surface area contributed by atoms with Gasteiger partial charge in [0.1, 0.15) is 0 Å². The predicted molar refractivity (Wildman–Crippen MR) is 78.2 cm³/mol. The van der Waals surface area contributed by atoms with Gasteiger partial charge in [-0.15, -0.1) is 11.3 Å². The lowest BCUT2D eigenvalue weighted by molar-refractivity contribution is -0.383. The highest BCUT2D eigenvalue weighted by Gasteiger charge is 2.26. The van der Waals surface area contributed by atoms with Crippen LogP contribution in [0.4, 0.5) is 10.7 Å². The highest BCUT2D eigenvalue weighted by Crippen LogP contribution is 2.39. The monoisotopic (exact) mass is 301 g/mol. The molecular weight excluding hydrogens is 282 g/mol. The molecule has 0 bridgehead atoms. The quantitative estimate of drug-likeness (QED) is 0.637. The first-order valence-electron chi connectivity index (χ1n) is 6.19. The van der Waals surface area contributed by atoms with Gasteiger partial charge in [-0.05, 0) is 13.8 Å². The fourth-order valence-corrected chi connectivity index (χ4v) is 2.71. The summed E-state index contributed by atoms with van der Waals surface area (Å²) < 4.78 is 0. The highest BCUT2D eigenvalue weighted by atomic mass is 32.1. The summed E-state index contributed by atoms with van der Waals surface area (Å²) in [6.45, 7) is 3.93. The van der Waals surface area contributed by atoms with Crippen molar-refractivity contribution in [2.75, 3.05) is 32.1 Å². The van der Waals surface area contributed by atoms with Crippen molar-refractivity contribution in [3.05, 3.63) is 21.1 Å². The topological polar surface area (TPSA) is 86.9 Å². The van der Waals surface area contributed by atoms with Crippen LogP contribution in [0.5, 0.6) is 0 Å². The first-order chi connectivity index (χ1) is 9.27. The molecule has 0 saturated heterocycles. The number of nitro groups is 1. The van der Waals surface area contributed by atoms with Crippen molar-refractivity contribution in [3.8, 4) is 0 Å². The number of carbonyl (C=O) groups is 1. The summed E-state index contributed by atoms with van der Waals surface area (Å²) in [5.74, 6) is -0.131. The molecule has 1 heterocycles. The zero-order valence-corrected chi connectivity index (χ0v) is 12.8. The van der Waals surface area contributed by atoms with Crippen LogP contribution in [-0.2, 0) is 4.79 Å². The fourth-order valence-electron chi connectivity index (χ4n) is 1.58. The van der Waals surface area contributed by atoms with E-state index in [-0.39, 0.29) is 18.1 Å². The number of hydrogen-bond donors (Lipinski definition) is 1. The molecule has 112 valence electrons. The van der Waals surface area contributed by atoms with Crippen molar-refractivity contribution in [2.24, 2.45) is 0 Å². The van der Waals surface area contributed by atoms with Crippen molar-refractivity contribution in [1.82, 2.24) is 4.90 Å². The van der Waals surface area contributed by atoms with Gasteiger partial charge in [0.15, 0.2) is 5.00 Å². The molecule has 1 atom stereocenters. The third-order valence-electron chi connectivity index (χ3n) is 2.81. The predicted octanol–water partition coefficient (Wildman–Crippen LogP) is 1.62. The van der Waals surface area contributed by atoms with Gasteiger partial charge in [0.25, 0.3) is 0 Å². The van der Waals surface area contributed by atoms with Gasteiger partial charge in [0.05, 0.1) is 17.6 Å². The van der Waals surface area contributed by atoms with Crippen molar-refractivity contribution in [1.29, 1.82) is 0 Å². The Morgan fingerprint density at radius 2 is 2.15 bits per heavy atom. The second kappa shape index (κ2) is 6.67. The normalized spacial score (nSPS) is 12.1. The van der Waals surface area contributed by atoms with Crippen LogP contribution in [0.3, 0.4) is 0 Å². The lowest BCUT2D eigenvalue weighted by atomic mass is 10.3. The number of anilines is 1. The summed E-state index contributed by atoms with van der Waals surface area (Å²) in [4.78, 5) is 26.0. The molecule has 1 rings (SSSR count). The average molecular weight is 301 g/mol. The number of likely N-dealkylation sites (N-methyl/N-ethyl adjacent to an activating group) is 2. The number of hydrogen-bond acceptors (Lipinski definition) is 6. The molecule has 8 heteroatoms. The molecule has 20 heavy (non-hydrogen) atoms. The van der Waals surface area contributed by atoms with E-state index in [2.05, 4.69) is 0 Å². The van der Waals surface area contributed by atoms with Crippen molar-refractivity contribution in [3.63, 3.8) is 0 Å². The second-order valence-corrected chi connectivity index (χ2v) is 5.64. The third kappa shape index (κ3) is 3.67. The maximum Gasteiger partial charge on any atom is 0.304 e. The first kappa shape index (κ1) is 16.4. The summed E-state index contributed by atoms with van der Waals surface area (Å²) >= 11 is 1.15. The molecule has 0 saturated carbocycles. The Bertz CT molecular complexity index is 499. The number of carbonyl (C=O) groups excluding carboxylic acids is 1. The Balaban J connectivity index is 3.13. The van der Waals surface area contributed by atoms with E-state index < -0.39 is 11.0 Å². The van der Waals surface area contributed by atoms with Crippen LogP contribution in [-0.4, -0.2) is 48.0 Å². The van der Waals surface area contributed by atoms with Crippen molar-refractivity contribution in [2.45, 2.75) is 20.0 Å². The minimum atomic E-state index is -0.768. The molecule has 0 unspecified atom stereocenters. The molecule has 7 nitrogen and oxygen atoms in total. The Morgan fingerprint density at radius 1 is 1.55 bits per heavy atom. The van der Waals surface area contributed by atoms with Crippen LogP contribution in [0.15, 0.2) is 6.07 Å². The Kier molecular flexibility index (Phi) is 5.46. The molecule has 0 aromatic carbocycles. The molecule has 1 N–H and O–H groups in total. The van der Waals surface area contributed by atoms with Gasteiger partial charge in [-0.2, -0.15) is 0 Å². The van der Waals surface area contributed by atoms with Crippen LogP contribution in [0.25, 0.3) is 0 Å². The van der Waals surface area contributed by atoms with Gasteiger partial charge >= 0.3 is 5.69 Å². The van der Waals surface area contributed by atoms with E-state index >= 15 is 0 Å². The summed E-state index contributed by atoms with van der Waals surface area (Å²) in [6, 6.07) is 1.37. The molecule has 1 aromatic rings. The van der Waals surface area contributed by atoms with Gasteiger partial charge in [-0.3, -0.25) is 14.9 Å². The SMILES string of the molecule is CCN(CC(=O)N(C)C)c1sc([C@H](C)O)cc1[N+](=O)[O-]. The molecule has 1 aromatic heterocycles. The number of thiophene rings is 1. The smallest absolute Gasteiger partial charge is 0.304 e. The summed E-state index contributed by atoms with van der Waals surface area (Å²) in [6.07, 6.45) is -0.768. The fraction of sp³-hybridized carbons (Fsp3) is 0.583. The van der Waals surface area contributed by atoms with E-state index in [0.717, 1.165) is 11.3 Å². The van der Waals surface area contributed by atoms with E-state index in [1.807, 2.05) is 6.92 Å². The first-order valence-corrected chi connectivity index (χ1v) is 7.00. The van der Waals surface area contributed by atoms with E-state index in [0.29, 0.717) is 16.4 Å². The highest BCUT2D eigenvalue weighted by molar-refractivity contribution is 7.16. The number of rotatable bonds is 6. The average Bonchev–Trinajstić information content (AvgIpc) is 2.80. The summed E-state index contributed by atoms with van der Waals surface area (Å²) in [5.41, 5.74) is -0.0701. The van der Waals surface area contributed by atoms with Gasteiger partial charge in [0, 0.05) is 31.6 Å². The van der Waals surface area contributed by atoms with E-state index in [1.54, 1.807) is 25.9 Å². The standard InChI is InChI=1S/C12H19N3O4S/c1-5-14(7-11(17)13(3)4)12-9(15(18)19)6-10(20-12)8(2)16/h6,8,16H,5,7H2,1-4H3/t8-/m0/s1. The molecule has 0 aliphatic heterocycles. The zero-order chi connectivity index (χ0) is 15.4. The molecular formula is C12H19N3O4S. The minimum absolute atomic E-state index is 0.0701. The third-order valence-corrected chi connectivity index (χ3v) is 4.17. The number of amides is 1. The van der Waals surface area contributed by atoms with Crippen molar-refractivity contribution < 1.29 is 14.8 Å². The molecule has 0 fully saturated rings. The minimum Gasteiger partial charge on any atom is -0.388 e. The molecule has 0 spiro atoms. The number of nitrogens with zero attached hydrogens (tertiary/aromatic N) is 3. The summed E-state index contributed by atoms with van der Waals surface area (Å²) in [5, 5.41) is 21.1. The van der Waals surface area contributed by atoms with Crippen LogP contribution >= 0.6 is 11.3 Å². The van der Waals surface area contributed by atoms with E-state index in [9.17, 15) is 20.0 Å². The van der Waals surface area contributed by atoms with Crippen LogP contribution in [0.1, 0.15) is 24.8 Å². The van der Waals surface area contributed by atoms with Crippen LogP contribution in [0, 0.1) is 10.1 Å². The Labute approximate surface area is 121 Å². The second-order valence-electron chi connectivity index (χ2n) is 4.57. The van der Waals surface area contributed by atoms with Crippen LogP contribution < -0.4 is 4.90 Å². The van der Waals surface area contributed by atoms with E-state index in [4.69, 9.17) is 0 Å². The molecule has 0 aliphatic carbocycles. The zero-order valence-electron chi connectivity index (χ0n) is 12.0. The van der Waals surface area contributed by atoms with Gasteiger partial charge in [0.2, 0.25) is 5.91 Å².